The second-order valence-corrected chi connectivity index (χ2v) is 3.68. The molecule has 1 heterocycles. The van der Waals surface area contributed by atoms with Crippen molar-refractivity contribution in [1.82, 2.24) is 9.88 Å². The quantitative estimate of drug-likeness (QED) is 0.801. The lowest BCUT2D eigenvalue weighted by Crippen LogP contribution is -2.28. The van der Waals surface area contributed by atoms with Crippen LogP contribution in [0, 0.1) is 0 Å². The fraction of sp³-hybridized carbons (Fsp3) is 0.400. The standard InChI is InChI=1S/C10H14ClN3O/c1-3-6-14(2)10(15)7-4-5-8(11)13-9(7)12/h4-5H,3,6H2,1-2H3,(H2,12,13). The summed E-state index contributed by atoms with van der Waals surface area (Å²) in [6.07, 6.45) is 0.906. The lowest BCUT2D eigenvalue weighted by atomic mass is 10.2. The molecule has 0 saturated carbocycles. The van der Waals surface area contributed by atoms with E-state index in [1.54, 1.807) is 24.1 Å². The average Bonchev–Trinajstić information content (AvgIpc) is 2.17. The van der Waals surface area contributed by atoms with E-state index in [-0.39, 0.29) is 11.7 Å². The number of nitrogens with zero attached hydrogens (tertiary/aromatic N) is 2. The molecule has 0 spiro atoms. The molecule has 0 atom stereocenters. The summed E-state index contributed by atoms with van der Waals surface area (Å²) in [5.74, 6) is 0.0500. The van der Waals surface area contributed by atoms with E-state index in [1.165, 1.54) is 0 Å². The van der Waals surface area contributed by atoms with Crippen LogP contribution in [-0.2, 0) is 0 Å². The Morgan fingerprint density at radius 3 is 2.80 bits per heavy atom. The van der Waals surface area contributed by atoms with Crippen LogP contribution in [0.5, 0.6) is 0 Å². The largest absolute Gasteiger partial charge is 0.383 e. The first-order chi connectivity index (χ1) is 7.06. The highest BCUT2D eigenvalue weighted by molar-refractivity contribution is 6.29. The van der Waals surface area contributed by atoms with Gasteiger partial charge in [0.1, 0.15) is 11.0 Å². The molecule has 1 aromatic rings. The van der Waals surface area contributed by atoms with Gasteiger partial charge in [-0.2, -0.15) is 0 Å². The topological polar surface area (TPSA) is 59.2 Å². The van der Waals surface area contributed by atoms with Gasteiger partial charge in [-0.25, -0.2) is 4.98 Å². The van der Waals surface area contributed by atoms with Crippen LogP contribution in [0.2, 0.25) is 5.15 Å². The van der Waals surface area contributed by atoms with E-state index >= 15 is 0 Å². The molecule has 0 unspecified atom stereocenters. The van der Waals surface area contributed by atoms with E-state index in [4.69, 9.17) is 17.3 Å². The summed E-state index contributed by atoms with van der Waals surface area (Å²) >= 11 is 5.65. The van der Waals surface area contributed by atoms with Gasteiger partial charge in [0.05, 0.1) is 5.56 Å². The number of carbonyl (C=O) groups is 1. The first-order valence-corrected chi connectivity index (χ1v) is 5.11. The number of anilines is 1. The SMILES string of the molecule is CCCN(C)C(=O)c1ccc(Cl)nc1N. The molecule has 15 heavy (non-hydrogen) atoms. The molecule has 4 nitrogen and oxygen atoms in total. The van der Waals surface area contributed by atoms with E-state index in [2.05, 4.69) is 4.98 Å². The van der Waals surface area contributed by atoms with Gasteiger partial charge in [-0.1, -0.05) is 18.5 Å². The highest BCUT2D eigenvalue weighted by Crippen LogP contribution is 2.15. The van der Waals surface area contributed by atoms with Crippen molar-refractivity contribution in [1.29, 1.82) is 0 Å². The molecule has 1 amide bonds. The predicted molar refractivity (Wildman–Crippen MR) is 60.9 cm³/mol. The molecule has 0 saturated heterocycles. The smallest absolute Gasteiger partial charge is 0.257 e. The third kappa shape index (κ3) is 2.83. The number of nitrogens with two attached hydrogens (primary N) is 1. The number of aromatic nitrogens is 1. The summed E-state index contributed by atoms with van der Waals surface area (Å²) in [5, 5.41) is 0.294. The second kappa shape index (κ2) is 4.98. The van der Waals surface area contributed by atoms with Gasteiger partial charge in [0.15, 0.2) is 0 Å². The van der Waals surface area contributed by atoms with Gasteiger partial charge in [-0.3, -0.25) is 4.79 Å². The van der Waals surface area contributed by atoms with Crippen molar-refractivity contribution in [2.75, 3.05) is 19.3 Å². The maximum Gasteiger partial charge on any atom is 0.257 e. The summed E-state index contributed by atoms with van der Waals surface area (Å²) < 4.78 is 0. The molecular formula is C10H14ClN3O. The van der Waals surface area contributed by atoms with Crippen molar-refractivity contribution in [2.24, 2.45) is 0 Å². The molecule has 0 aromatic carbocycles. The number of nitrogen functional groups attached to an aromatic ring is 1. The Balaban J connectivity index is 2.91. The summed E-state index contributed by atoms with van der Waals surface area (Å²) in [7, 11) is 1.74. The lowest BCUT2D eigenvalue weighted by molar-refractivity contribution is 0.0796. The summed E-state index contributed by atoms with van der Waals surface area (Å²) in [5.41, 5.74) is 6.01. The maximum atomic E-state index is 11.8. The molecule has 0 aliphatic carbocycles. The number of carbonyl (C=O) groups excluding carboxylic acids is 1. The molecule has 1 rings (SSSR count). The van der Waals surface area contributed by atoms with E-state index in [1.807, 2.05) is 6.92 Å². The van der Waals surface area contributed by atoms with Crippen LogP contribution in [0.3, 0.4) is 0 Å². The zero-order chi connectivity index (χ0) is 11.4. The Morgan fingerprint density at radius 2 is 2.27 bits per heavy atom. The van der Waals surface area contributed by atoms with Crippen molar-refractivity contribution in [3.8, 4) is 0 Å². The molecule has 5 heteroatoms. The summed E-state index contributed by atoms with van der Waals surface area (Å²) in [6.45, 7) is 2.70. The first kappa shape index (κ1) is 11.8. The maximum absolute atomic E-state index is 11.8. The number of halogens is 1. The molecular weight excluding hydrogens is 214 g/mol. The van der Waals surface area contributed by atoms with Gasteiger partial charge >= 0.3 is 0 Å². The van der Waals surface area contributed by atoms with Crippen molar-refractivity contribution >= 4 is 23.3 Å². The Bertz CT molecular complexity index is 368. The van der Waals surface area contributed by atoms with Gasteiger partial charge in [0, 0.05) is 13.6 Å². The Kier molecular flexibility index (Phi) is 3.91. The normalized spacial score (nSPS) is 10.1. The molecule has 0 radical (unpaired) electrons. The number of rotatable bonds is 3. The lowest BCUT2D eigenvalue weighted by Gasteiger charge is -2.16. The van der Waals surface area contributed by atoms with Crippen molar-refractivity contribution < 1.29 is 4.79 Å². The molecule has 1 aromatic heterocycles. The molecule has 82 valence electrons. The van der Waals surface area contributed by atoms with Crippen LogP contribution in [-0.4, -0.2) is 29.4 Å². The van der Waals surface area contributed by atoms with Gasteiger partial charge < -0.3 is 10.6 Å². The van der Waals surface area contributed by atoms with Crippen LogP contribution in [0.25, 0.3) is 0 Å². The van der Waals surface area contributed by atoms with E-state index in [0.29, 0.717) is 17.3 Å². The van der Waals surface area contributed by atoms with Crippen LogP contribution in [0.4, 0.5) is 5.82 Å². The van der Waals surface area contributed by atoms with E-state index < -0.39 is 0 Å². The molecule has 0 aliphatic rings. The highest BCUT2D eigenvalue weighted by atomic mass is 35.5. The van der Waals surface area contributed by atoms with Crippen LogP contribution < -0.4 is 5.73 Å². The van der Waals surface area contributed by atoms with Gasteiger partial charge in [0.25, 0.3) is 5.91 Å². The minimum absolute atomic E-state index is 0.126. The monoisotopic (exact) mass is 227 g/mol. The minimum Gasteiger partial charge on any atom is -0.383 e. The fourth-order valence-corrected chi connectivity index (χ4v) is 1.43. The summed E-state index contributed by atoms with van der Waals surface area (Å²) in [6, 6.07) is 3.16. The zero-order valence-electron chi connectivity index (χ0n) is 8.83. The van der Waals surface area contributed by atoms with Crippen LogP contribution in [0.1, 0.15) is 23.7 Å². The van der Waals surface area contributed by atoms with Crippen LogP contribution >= 0.6 is 11.6 Å². The van der Waals surface area contributed by atoms with Crippen molar-refractivity contribution in [3.63, 3.8) is 0 Å². The van der Waals surface area contributed by atoms with Gasteiger partial charge in [0.2, 0.25) is 0 Å². The Labute approximate surface area is 94.0 Å². The van der Waals surface area contributed by atoms with Crippen molar-refractivity contribution in [3.05, 3.63) is 22.8 Å². The minimum atomic E-state index is -0.126. The van der Waals surface area contributed by atoms with Gasteiger partial charge in [-0.15, -0.1) is 0 Å². The first-order valence-electron chi connectivity index (χ1n) is 4.73. The third-order valence-electron chi connectivity index (χ3n) is 2.03. The fourth-order valence-electron chi connectivity index (χ4n) is 1.27. The number of amides is 1. The Hall–Kier alpha value is -1.29. The molecule has 2 N–H and O–H groups in total. The van der Waals surface area contributed by atoms with E-state index in [0.717, 1.165) is 6.42 Å². The zero-order valence-corrected chi connectivity index (χ0v) is 9.58. The van der Waals surface area contributed by atoms with Crippen LogP contribution in [0.15, 0.2) is 12.1 Å². The molecule has 0 aliphatic heterocycles. The predicted octanol–water partition coefficient (Wildman–Crippen LogP) is 1.80. The summed E-state index contributed by atoms with van der Waals surface area (Å²) in [4.78, 5) is 17.3. The number of pyridine rings is 1. The highest BCUT2D eigenvalue weighted by Gasteiger charge is 2.14. The number of hydrogen-bond acceptors (Lipinski definition) is 3. The molecule has 0 fully saturated rings. The van der Waals surface area contributed by atoms with Gasteiger partial charge in [-0.05, 0) is 18.6 Å². The van der Waals surface area contributed by atoms with E-state index in [9.17, 15) is 4.79 Å². The molecule has 0 bridgehead atoms. The number of hydrogen-bond donors (Lipinski definition) is 1. The average molecular weight is 228 g/mol. The Morgan fingerprint density at radius 1 is 1.60 bits per heavy atom. The second-order valence-electron chi connectivity index (χ2n) is 3.29. The van der Waals surface area contributed by atoms with Crippen molar-refractivity contribution in [2.45, 2.75) is 13.3 Å². The third-order valence-corrected chi connectivity index (χ3v) is 2.24.